The van der Waals surface area contributed by atoms with Crippen LogP contribution in [0.2, 0.25) is 0 Å². The Morgan fingerprint density at radius 2 is 2.56 bits per heavy atom. The van der Waals surface area contributed by atoms with E-state index in [-0.39, 0.29) is 5.56 Å². The van der Waals surface area contributed by atoms with Gasteiger partial charge in [0.2, 0.25) is 6.26 Å². The van der Waals surface area contributed by atoms with E-state index in [1.54, 1.807) is 6.92 Å². The van der Waals surface area contributed by atoms with Gasteiger partial charge < -0.3 is 10.3 Å². The third-order valence-electron chi connectivity index (χ3n) is 0.938. The largest absolute Gasteiger partial charge is 0.365 e. The third-order valence-corrected chi connectivity index (χ3v) is 0.938. The first-order valence-corrected chi connectivity index (χ1v) is 2.35. The van der Waals surface area contributed by atoms with Crippen molar-refractivity contribution in [2.75, 3.05) is 0 Å². The third kappa shape index (κ3) is 0.910. The first-order chi connectivity index (χ1) is 4.22. The minimum atomic E-state index is -0.561. The summed E-state index contributed by atoms with van der Waals surface area (Å²) in [5.41, 5.74) is 5.58. The molecule has 0 aliphatic rings. The van der Waals surface area contributed by atoms with Crippen LogP contribution in [0, 0.1) is 13.2 Å². The first kappa shape index (κ1) is 5.81. The molecule has 0 bridgehead atoms. The zero-order chi connectivity index (χ0) is 6.85. The molecule has 0 spiro atoms. The average Bonchev–Trinajstić information content (AvgIpc) is 2.13. The Morgan fingerprint density at radius 3 is 2.78 bits per heavy atom. The van der Waals surface area contributed by atoms with Crippen molar-refractivity contribution in [3.05, 3.63) is 17.5 Å². The maximum atomic E-state index is 10.4. The molecule has 1 rings (SSSR count). The molecule has 4 nitrogen and oxygen atoms in total. The topological polar surface area (TPSA) is 69.1 Å². The number of nitrogens with two attached hydrogens (primary N) is 1. The van der Waals surface area contributed by atoms with Gasteiger partial charge in [-0.1, -0.05) is 5.16 Å². The molecule has 2 N–H and O–H groups in total. The van der Waals surface area contributed by atoms with Gasteiger partial charge in [0, 0.05) is 0 Å². The van der Waals surface area contributed by atoms with E-state index in [1.807, 2.05) is 0 Å². The minimum absolute atomic E-state index is 0.218. The summed E-state index contributed by atoms with van der Waals surface area (Å²) in [5.74, 6) is -0.561. The van der Waals surface area contributed by atoms with Gasteiger partial charge in [-0.15, -0.1) is 0 Å². The van der Waals surface area contributed by atoms with Crippen LogP contribution in [0.15, 0.2) is 4.52 Å². The Labute approximate surface area is 51.6 Å². The molecule has 9 heavy (non-hydrogen) atoms. The second-order valence-electron chi connectivity index (χ2n) is 1.61. The zero-order valence-electron chi connectivity index (χ0n) is 4.84. The highest BCUT2D eigenvalue weighted by molar-refractivity contribution is 5.93. The van der Waals surface area contributed by atoms with Gasteiger partial charge in [-0.25, -0.2) is 0 Å². The molecule has 47 valence electrons. The fraction of sp³-hybridized carbons (Fsp3) is 0.200. The molecule has 1 radical (unpaired) electrons. The van der Waals surface area contributed by atoms with Crippen molar-refractivity contribution in [2.24, 2.45) is 5.73 Å². The molecule has 1 aromatic rings. The fourth-order valence-electron chi connectivity index (χ4n) is 0.485. The molecule has 1 heterocycles. The summed E-state index contributed by atoms with van der Waals surface area (Å²) in [6.45, 7) is 1.63. The van der Waals surface area contributed by atoms with E-state index in [0.29, 0.717) is 5.69 Å². The second-order valence-corrected chi connectivity index (χ2v) is 1.61. The summed E-state index contributed by atoms with van der Waals surface area (Å²) >= 11 is 0. The van der Waals surface area contributed by atoms with Crippen LogP contribution in [-0.4, -0.2) is 11.1 Å². The van der Waals surface area contributed by atoms with Gasteiger partial charge in [0.05, 0.1) is 5.69 Å². The molecule has 0 saturated carbocycles. The highest BCUT2D eigenvalue weighted by atomic mass is 16.5. The Bertz CT molecular complexity index is 229. The first-order valence-electron chi connectivity index (χ1n) is 2.35. The van der Waals surface area contributed by atoms with Crippen LogP contribution in [0.4, 0.5) is 0 Å². The smallest absolute Gasteiger partial charge is 0.254 e. The molecule has 0 saturated heterocycles. The van der Waals surface area contributed by atoms with Gasteiger partial charge in [-0.05, 0) is 6.92 Å². The number of aryl methyl sites for hydroxylation is 1. The molecule has 0 aliphatic carbocycles. The van der Waals surface area contributed by atoms with Crippen LogP contribution in [0.25, 0.3) is 0 Å². The Hall–Kier alpha value is -1.32. The number of nitrogens with zero attached hydrogens (tertiary/aromatic N) is 1. The molecule has 0 atom stereocenters. The number of primary amides is 1. The molecule has 0 aliphatic heterocycles. The molecule has 0 unspecified atom stereocenters. The number of aromatic nitrogens is 1. The molecule has 0 aromatic carbocycles. The number of hydrogen-bond acceptors (Lipinski definition) is 3. The van der Waals surface area contributed by atoms with E-state index >= 15 is 0 Å². The van der Waals surface area contributed by atoms with Crippen molar-refractivity contribution in [2.45, 2.75) is 6.92 Å². The predicted octanol–water partition coefficient (Wildman–Crippen LogP) is -0.118. The highest BCUT2D eigenvalue weighted by Gasteiger charge is 2.07. The molecule has 0 fully saturated rings. The quantitative estimate of drug-likeness (QED) is 0.569. The van der Waals surface area contributed by atoms with Crippen molar-refractivity contribution in [3.63, 3.8) is 0 Å². The summed E-state index contributed by atoms with van der Waals surface area (Å²) in [6.07, 6.45) is 2.24. The maximum absolute atomic E-state index is 10.4. The van der Waals surface area contributed by atoms with Gasteiger partial charge in [0.15, 0.2) is 0 Å². The Kier molecular flexibility index (Phi) is 1.22. The molecular formula is C5H5N2O2. The normalized spacial score (nSPS) is 9.44. The summed E-state index contributed by atoms with van der Waals surface area (Å²) < 4.78 is 4.33. The van der Waals surface area contributed by atoms with Crippen LogP contribution >= 0.6 is 0 Å². The summed E-state index contributed by atoms with van der Waals surface area (Å²) in [5, 5.41) is 3.41. The summed E-state index contributed by atoms with van der Waals surface area (Å²) in [4.78, 5) is 10.4. The van der Waals surface area contributed by atoms with E-state index in [0.717, 1.165) is 0 Å². The predicted molar refractivity (Wildman–Crippen MR) is 28.6 cm³/mol. The summed E-state index contributed by atoms with van der Waals surface area (Å²) in [7, 11) is 0. The van der Waals surface area contributed by atoms with Gasteiger partial charge in [0.25, 0.3) is 5.91 Å². The van der Waals surface area contributed by atoms with Crippen molar-refractivity contribution in [3.8, 4) is 0 Å². The molecule has 1 amide bonds. The lowest BCUT2D eigenvalue weighted by molar-refractivity contribution is 0.0999. The van der Waals surface area contributed by atoms with Crippen molar-refractivity contribution >= 4 is 5.91 Å². The Morgan fingerprint density at radius 1 is 1.89 bits per heavy atom. The lowest BCUT2D eigenvalue weighted by Gasteiger charge is -1.82. The number of amides is 1. The number of rotatable bonds is 1. The maximum Gasteiger partial charge on any atom is 0.254 e. The number of carbonyl (C=O) groups is 1. The SMILES string of the molecule is Cc1no[c]c1C(N)=O. The van der Waals surface area contributed by atoms with Crippen molar-refractivity contribution < 1.29 is 9.32 Å². The van der Waals surface area contributed by atoms with E-state index in [4.69, 9.17) is 5.73 Å². The van der Waals surface area contributed by atoms with Crippen LogP contribution in [0.1, 0.15) is 16.1 Å². The average molecular weight is 125 g/mol. The summed E-state index contributed by atoms with van der Waals surface area (Å²) in [6, 6.07) is 0. The minimum Gasteiger partial charge on any atom is -0.365 e. The van der Waals surface area contributed by atoms with Crippen LogP contribution in [-0.2, 0) is 0 Å². The van der Waals surface area contributed by atoms with Crippen LogP contribution < -0.4 is 5.73 Å². The lowest BCUT2D eigenvalue weighted by atomic mass is 10.3. The van der Waals surface area contributed by atoms with Gasteiger partial charge >= 0.3 is 0 Å². The molecule has 1 aromatic heterocycles. The van der Waals surface area contributed by atoms with Crippen molar-refractivity contribution in [1.82, 2.24) is 5.16 Å². The number of hydrogen-bond donors (Lipinski definition) is 1. The number of carbonyl (C=O) groups excluding carboxylic acids is 1. The van der Waals surface area contributed by atoms with E-state index in [1.165, 1.54) is 0 Å². The Balaban J connectivity index is 3.08. The lowest BCUT2D eigenvalue weighted by Crippen LogP contribution is -2.11. The monoisotopic (exact) mass is 125 g/mol. The van der Waals surface area contributed by atoms with Gasteiger partial charge in [0.1, 0.15) is 5.56 Å². The molecule has 4 heteroatoms. The van der Waals surface area contributed by atoms with Gasteiger partial charge in [-0.3, -0.25) is 4.79 Å². The van der Waals surface area contributed by atoms with Crippen LogP contribution in [0.5, 0.6) is 0 Å². The zero-order valence-corrected chi connectivity index (χ0v) is 4.84. The van der Waals surface area contributed by atoms with Crippen LogP contribution in [0.3, 0.4) is 0 Å². The standard InChI is InChI=1S/C5H5N2O2/c1-3-4(5(6)8)2-9-7-3/h1H3,(H2,6,8). The second kappa shape index (κ2) is 1.89. The van der Waals surface area contributed by atoms with Gasteiger partial charge in [-0.2, -0.15) is 0 Å². The van der Waals surface area contributed by atoms with E-state index in [9.17, 15) is 4.79 Å². The highest BCUT2D eigenvalue weighted by Crippen LogP contribution is 2.00. The van der Waals surface area contributed by atoms with E-state index in [2.05, 4.69) is 15.9 Å². The molecular weight excluding hydrogens is 120 g/mol. The van der Waals surface area contributed by atoms with Crippen molar-refractivity contribution in [1.29, 1.82) is 0 Å². The fourth-order valence-corrected chi connectivity index (χ4v) is 0.485. The van der Waals surface area contributed by atoms with E-state index < -0.39 is 5.91 Å².